The zero-order valence-corrected chi connectivity index (χ0v) is 16.2. The van der Waals surface area contributed by atoms with Crippen LogP contribution in [0, 0.1) is 5.92 Å². The van der Waals surface area contributed by atoms with Crippen LogP contribution in [-0.2, 0) is 11.2 Å². The molecule has 1 fully saturated rings. The van der Waals surface area contributed by atoms with E-state index in [0.29, 0.717) is 17.5 Å². The van der Waals surface area contributed by atoms with Gasteiger partial charge in [-0.15, -0.1) is 0 Å². The van der Waals surface area contributed by atoms with Gasteiger partial charge < -0.3 is 9.88 Å². The Kier molecular flexibility index (Phi) is 3.62. The predicted octanol–water partition coefficient (Wildman–Crippen LogP) is 4.42. The fraction of sp³-hybridized carbons (Fsp3) is 0.273. The molecule has 27 heavy (non-hydrogen) atoms. The first kappa shape index (κ1) is 16.5. The lowest BCUT2D eigenvalue weighted by Gasteiger charge is -2.39. The quantitative estimate of drug-likeness (QED) is 0.674. The monoisotopic (exact) mass is 375 g/mol. The number of rotatable bonds is 2. The Bertz CT molecular complexity index is 1060. The first-order chi connectivity index (χ1) is 13.1. The van der Waals surface area contributed by atoms with Gasteiger partial charge in [-0.3, -0.25) is 9.69 Å². The number of carbonyl (C=O) groups excluding carboxylic acids is 1. The summed E-state index contributed by atoms with van der Waals surface area (Å²) in [6.45, 7) is 4.39. The number of hydrogen-bond acceptors (Lipinski definition) is 2. The largest absolute Gasteiger partial charge is 0.356 e. The normalized spacial score (nSPS) is 21.9. The van der Waals surface area contributed by atoms with E-state index in [2.05, 4.69) is 41.9 Å². The van der Waals surface area contributed by atoms with Crippen molar-refractivity contribution in [1.29, 1.82) is 0 Å². The standard InChI is InChI=1S/C22H21N3OS/c1-13(2)20-19-16(15-10-6-7-11-17(15)23-19)12-18-21(26)24(22(27)25(18)20)14-8-4-3-5-9-14/h3-11,13,18,20,23H,12H2,1-2H3/t18-,20-/m0/s1. The number of fused-ring (bicyclic) bond motifs is 4. The number of nitrogens with zero attached hydrogens (tertiary/aromatic N) is 2. The molecule has 1 saturated heterocycles. The average molecular weight is 375 g/mol. The van der Waals surface area contributed by atoms with Gasteiger partial charge in [-0.25, -0.2) is 0 Å². The number of hydrogen-bond donors (Lipinski definition) is 1. The summed E-state index contributed by atoms with van der Waals surface area (Å²) in [5, 5.41) is 1.83. The lowest BCUT2D eigenvalue weighted by atomic mass is 9.87. The number of aromatic amines is 1. The van der Waals surface area contributed by atoms with Crippen LogP contribution in [0.5, 0.6) is 0 Å². The minimum absolute atomic E-state index is 0.0660. The highest BCUT2D eigenvalue weighted by molar-refractivity contribution is 7.80. The number of carbonyl (C=O) groups is 1. The van der Waals surface area contributed by atoms with Crippen LogP contribution in [0.25, 0.3) is 10.9 Å². The Morgan fingerprint density at radius 1 is 1.07 bits per heavy atom. The SMILES string of the molecule is CC(C)[C@H]1c2[nH]c3ccccc3c2C[C@H]2C(=O)N(c3ccccc3)C(=S)N12. The summed E-state index contributed by atoms with van der Waals surface area (Å²) in [7, 11) is 0. The van der Waals surface area contributed by atoms with Crippen molar-refractivity contribution in [1.82, 2.24) is 9.88 Å². The highest BCUT2D eigenvalue weighted by Crippen LogP contribution is 2.44. The zero-order chi connectivity index (χ0) is 18.7. The summed E-state index contributed by atoms with van der Waals surface area (Å²) in [5.41, 5.74) is 4.44. The molecule has 1 aromatic heterocycles. The van der Waals surface area contributed by atoms with E-state index in [1.165, 1.54) is 16.6 Å². The van der Waals surface area contributed by atoms with E-state index >= 15 is 0 Å². The van der Waals surface area contributed by atoms with E-state index in [-0.39, 0.29) is 18.0 Å². The second-order valence-corrected chi connectivity index (χ2v) is 8.04. The summed E-state index contributed by atoms with van der Waals surface area (Å²) in [4.78, 5) is 20.9. The second kappa shape index (κ2) is 5.92. The molecule has 136 valence electrons. The van der Waals surface area contributed by atoms with Crippen LogP contribution < -0.4 is 4.90 Å². The molecule has 0 bridgehead atoms. The third kappa shape index (κ3) is 2.28. The molecule has 1 amide bonds. The van der Waals surface area contributed by atoms with E-state index in [1.54, 1.807) is 4.90 Å². The predicted molar refractivity (Wildman–Crippen MR) is 112 cm³/mol. The lowest BCUT2D eigenvalue weighted by molar-refractivity contribution is -0.120. The summed E-state index contributed by atoms with van der Waals surface area (Å²) in [6.07, 6.45) is 0.685. The molecule has 2 aliphatic heterocycles. The molecular formula is C22H21N3OS. The van der Waals surface area contributed by atoms with Gasteiger partial charge in [0.2, 0.25) is 0 Å². The third-order valence-electron chi connectivity index (χ3n) is 5.74. The topological polar surface area (TPSA) is 39.3 Å². The van der Waals surface area contributed by atoms with Gasteiger partial charge in [0.25, 0.3) is 5.91 Å². The van der Waals surface area contributed by atoms with Gasteiger partial charge in [0, 0.05) is 23.0 Å². The van der Waals surface area contributed by atoms with Crippen molar-refractivity contribution in [3.63, 3.8) is 0 Å². The maximum absolute atomic E-state index is 13.4. The van der Waals surface area contributed by atoms with Crippen molar-refractivity contribution in [2.24, 2.45) is 5.92 Å². The van der Waals surface area contributed by atoms with Gasteiger partial charge in [0.05, 0.1) is 11.7 Å². The van der Waals surface area contributed by atoms with Crippen LogP contribution in [0.2, 0.25) is 0 Å². The summed E-state index contributed by atoms with van der Waals surface area (Å²) in [5.74, 6) is 0.397. The molecule has 0 aliphatic carbocycles. The van der Waals surface area contributed by atoms with Crippen molar-refractivity contribution in [2.75, 3.05) is 4.90 Å². The van der Waals surface area contributed by atoms with E-state index < -0.39 is 0 Å². The number of nitrogens with one attached hydrogen (secondary N) is 1. The molecule has 0 radical (unpaired) electrons. The molecule has 1 N–H and O–H groups in total. The number of benzene rings is 2. The molecule has 5 heteroatoms. The number of para-hydroxylation sites is 2. The van der Waals surface area contributed by atoms with Crippen LogP contribution >= 0.6 is 12.2 Å². The Morgan fingerprint density at radius 2 is 1.78 bits per heavy atom. The smallest absolute Gasteiger partial charge is 0.256 e. The molecule has 0 spiro atoms. The molecule has 0 saturated carbocycles. The van der Waals surface area contributed by atoms with E-state index in [1.807, 2.05) is 36.4 Å². The zero-order valence-electron chi connectivity index (χ0n) is 15.3. The highest BCUT2D eigenvalue weighted by Gasteiger charge is 2.51. The molecule has 2 aliphatic rings. The molecular weight excluding hydrogens is 354 g/mol. The molecule has 3 heterocycles. The number of aromatic nitrogens is 1. The number of amides is 1. The van der Waals surface area contributed by atoms with Gasteiger partial charge in [-0.1, -0.05) is 50.2 Å². The van der Waals surface area contributed by atoms with Crippen LogP contribution in [0.3, 0.4) is 0 Å². The van der Waals surface area contributed by atoms with E-state index in [4.69, 9.17) is 12.2 Å². The number of H-pyrrole nitrogens is 1. The number of anilines is 1. The average Bonchev–Trinajstić information content (AvgIpc) is 3.16. The first-order valence-corrected chi connectivity index (χ1v) is 9.79. The first-order valence-electron chi connectivity index (χ1n) is 9.38. The molecule has 0 unspecified atom stereocenters. The number of thiocarbonyl (C=S) groups is 1. The molecule has 5 rings (SSSR count). The Hall–Kier alpha value is -2.66. The molecule has 4 nitrogen and oxygen atoms in total. The molecule has 2 atom stereocenters. The van der Waals surface area contributed by atoms with Crippen LogP contribution in [0.1, 0.15) is 31.1 Å². The van der Waals surface area contributed by atoms with Crippen molar-refractivity contribution < 1.29 is 4.79 Å². The van der Waals surface area contributed by atoms with Gasteiger partial charge in [0.15, 0.2) is 5.11 Å². The van der Waals surface area contributed by atoms with Crippen LogP contribution in [0.15, 0.2) is 54.6 Å². The minimum Gasteiger partial charge on any atom is -0.356 e. The Labute approximate surface area is 163 Å². The lowest BCUT2D eigenvalue weighted by Crippen LogP contribution is -2.45. The van der Waals surface area contributed by atoms with Gasteiger partial charge in [0.1, 0.15) is 6.04 Å². The van der Waals surface area contributed by atoms with Crippen molar-refractivity contribution in [3.05, 3.63) is 65.9 Å². The highest BCUT2D eigenvalue weighted by atomic mass is 32.1. The summed E-state index contributed by atoms with van der Waals surface area (Å²) in [6, 6.07) is 17.9. The Balaban J connectivity index is 1.66. The molecule has 3 aromatic rings. The van der Waals surface area contributed by atoms with Crippen molar-refractivity contribution in [2.45, 2.75) is 32.4 Å². The fourth-order valence-electron chi connectivity index (χ4n) is 4.60. The minimum atomic E-state index is -0.239. The maximum atomic E-state index is 13.4. The summed E-state index contributed by atoms with van der Waals surface area (Å²) < 4.78 is 0. The second-order valence-electron chi connectivity index (χ2n) is 7.67. The fourth-order valence-corrected chi connectivity index (χ4v) is 5.04. The molecule has 2 aromatic carbocycles. The third-order valence-corrected chi connectivity index (χ3v) is 6.13. The van der Waals surface area contributed by atoms with E-state index in [0.717, 1.165) is 11.2 Å². The van der Waals surface area contributed by atoms with Crippen LogP contribution in [0.4, 0.5) is 5.69 Å². The Morgan fingerprint density at radius 3 is 2.52 bits per heavy atom. The maximum Gasteiger partial charge on any atom is 0.256 e. The summed E-state index contributed by atoms with van der Waals surface area (Å²) >= 11 is 5.82. The van der Waals surface area contributed by atoms with E-state index in [9.17, 15) is 4.79 Å². The van der Waals surface area contributed by atoms with Crippen molar-refractivity contribution >= 4 is 39.8 Å². The van der Waals surface area contributed by atoms with Gasteiger partial charge in [-0.05, 0) is 41.9 Å². The van der Waals surface area contributed by atoms with Crippen LogP contribution in [-0.4, -0.2) is 26.9 Å². The van der Waals surface area contributed by atoms with Gasteiger partial charge in [-0.2, -0.15) is 0 Å². The van der Waals surface area contributed by atoms with Crippen molar-refractivity contribution in [3.8, 4) is 0 Å². The van der Waals surface area contributed by atoms with Gasteiger partial charge >= 0.3 is 0 Å².